The summed E-state index contributed by atoms with van der Waals surface area (Å²) >= 11 is 1.72. The van der Waals surface area contributed by atoms with Crippen LogP contribution in [0, 0.1) is 22.7 Å². The van der Waals surface area contributed by atoms with Crippen LogP contribution in [0.2, 0.25) is 0 Å². The molecule has 0 unspecified atom stereocenters. The second-order valence-electron chi connectivity index (χ2n) is 6.14. The molecule has 2 heterocycles. The molecule has 0 aliphatic heterocycles. The Labute approximate surface area is 153 Å². The van der Waals surface area contributed by atoms with Crippen molar-refractivity contribution < 1.29 is 0 Å². The number of hydrogen-bond donors (Lipinski definition) is 1. The number of hydrogen-bond acceptors (Lipinski definition) is 3. The molecule has 0 aliphatic carbocycles. The summed E-state index contributed by atoms with van der Waals surface area (Å²) in [5.41, 5.74) is 4.64. The number of nitrogens with one attached hydrogen (secondary N) is 1. The Kier molecular flexibility index (Phi) is 3.09. The summed E-state index contributed by atoms with van der Waals surface area (Å²) in [4.78, 5) is 3.53. The second kappa shape index (κ2) is 5.46. The van der Waals surface area contributed by atoms with Gasteiger partial charge in [-0.15, -0.1) is 11.3 Å². The maximum atomic E-state index is 9.67. The molecule has 0 saturated carbocycles. The number of H-pyrrole nitrogens is 1. The fourth-order valence-corrected chi connectivity index (χ4v) is 4.59. The zero-order chi connectivity index (χ0) is 17.7. The van der Waals surface area contributed by atoms with Crippen LogP contribution in [-0.2, 0) is 0 Å². The van der Waals surface area contributed by atoms with E-state index in [-0.39, 0.29) is 0 Å². The van der Waals surface area contributed by atoms with Gasteiger partial charge in [0.25, 0.3) is 0 Å². The van der Waals surface area contributed by atoms with Gasteiger partial charge >= 0.3 is 0 Å². The summed E-state index contributed by atoms with van der Waals surface area (Å²) in [6.45, 7) is 0. The zero-order valence-electron chi connectivity index (χ0n) is 13.6. The molecule has 0 bridgehead atoms. The lowest BCUT2D eigenvalue weighted by atomic mass is 9.94. The van der Waals surface area contributed by atoms with Crippen LogP contribution in [0.4, 0.5) is 0 Å². The average molecular weight is 349 g/mol. The molecular weight excluding hydrogens is 338 g/mol. The van der Waals surface area contributed by atoms with Crippen molar-refractivity contribution in [1.29, 1.82) is 10.5 Å². The first-order chi connectivity index (χ1) is 12.8. The number of aromatic amines is 1. The molecule has 4 heteroatoms. The summed E-state index contributed by atoms with van der Waals surface area (Å²) < 4.78 is 1.23. The van der Waals surface area contributed by atoms with E-state index in [9.17, 15) is 10.5 Å². The molecule has 3 aromatic carbocycles. The third-order valence-corrected chi connectivity index (χ3v) is 5.73. The molecule has 26 heavy (non-hydrogen) atoms. The van der Waals surface area contributed by atoms with Crippen molar-refractivity contribution in [1.82, 2.24) is 4.98 Å². The van der Waals surface area contributed by atoms with Crippen LogP contribution in [0.15, 0.2) is 60.0 Å². The van der Waals surface area contributed by atoms with Crippen LogP contribution in [0.1, 0.15) is 11.1 Å². The van der Waals surface area contributed by atoms with Gasteiger partial charge in [0.1, 0.15) is 12.1 Å². The molecule has 0 saturated heterocycles. The number of rotatable bonds is 1. The van der Waals surface area contributed by atoms with E-state index in [1.54, 1.807) is 17.4 Å². The maximum Gasteiger partial charge on any atom is 0.101 e. The van der Waals surface area contributed by atoms with E-state index in [2.05, 4.69) is 46.8 Å². The lowest BCUT2D eigenvalue weighted by Crippen LogP contribution is -1.90. The molecule has 0 atom stereocenters. The summed E-state index contributed by atoms with van der Waals surface area (Å²) in [6.07, 6.45) is 0. The number of nitrogens with zero attached hydrogens (tertiary/aromatic N) is 2. The standard InChI is InChI=1S/C22H11N3S/c23-11-14-4-3-6-15(18(14)12-24)17-10-13-8-9-26-22(13)20-16-5-1-2-7-19(16)25-21(17)20/h1-10,25H. The highest BCUT2D eigenvalue weighted by atomic mass is 32.1. The lowest BCUT2D eigenvalue weighted by molar-refractivity contribution is 1.43. The van der Waals surface area contributed by atoms with Crippen molar-refractivity contribution in [2.45, 2.75) is 0 Å². The van der Waals surface area contributed by atoms with Gasteiger partial charge in [-0.25, -0.2) is 0 Å². The van der Waals surface area contributed by atoms with Crippen LogP contribution in [0.3, 0.4) is 0 Å². The number of nitriles is 2. The molecule has 0 radical (unpaired) electrons. The molecule has 0 fully saturated rings. The van der Waals surface area contributed by atoms with Crippen LogP contribution in [0.5, 0.6) is 0 Å². The van der Waals surface area contributed by atoms with Crippen molar-refractivity contribution in [3.8, 4) is 23.3 Å². The molecular formula is C22H11N3S. The third-order valence-electron chi connectivity index (χ3n) is 4.78. The molecule has 120 valence electrons. The molecule has 3 nitrogen and oxygen atoms in total. The van der Waals surface area contributed by atoms with Crippen LogP contribution >= 0.6 is 11.3 Å². The highest BCUT2D eigenvalue weighted by Gasteiger charge is 2.17. The Morgan fingerprint density at radius 3 is 2.62 bits per heavy atom. The minimum atomic E-state index is 0.402. The topological polar surface area (TPSA) is 63.4 Å². The van der Waals surface area contributed by atoms with E-state index in [0.29, 0.717) is 11.1 Å². The van der Waals surface area contributed by atoms with Gasteiger partial charge in [0.05, 0.1) is 16.6 Å². The predicted octanol–water partition coefficient (Wildman–Crippen LogP) is 5.95. The zero-order valence-corrected chi connectivity index (χ0v) is 14.4. The number of thiophene rings is 1. The summed E-state index contributed by atoms with van der Waals surface area (Å²) in [5.74, 6) is 0. The van der Waals surface area contributed by atoms with Gasteiger partial charge < -0.3 is 4.98 Å². The highest BCUT2D eigenvalue weighted by Crippen LogP contribution is 2.41. The number of para-hydroxylation sites is 1. The molecule has 5 aromatic rings. The van der Waals surface area contributed by atoms with E-state index < -0.39 is 0 Å². The lowest BCUT2D eigenvalue weighted by Gasteiger charge is -2.08. The normalized spacial score (nSPS) is 11.0. The van der Waals surface area contributed by atoms with Gasteiger partial charge in [0.15, 0.2) is 0 Å². The first-order valence-corrected chi connectivity index (χ1v) is 9.04. The largest absolute Gasteiger partial charge is 0.354 e. The van der Waals surface area contributed by atoms with E-state index in [1.807, 2.05) is 24.3 Å². The SMILES string of the molecule is N#Cc1cccc(-c2cc3ccsc3c3c2[nH]c2ccccc23)c1C#N. The Bertz CT molecular complexity index is 1410. The third kappa shape index (κ3) is 1.91. The number of fused-ring (bicyclic) bond motifs is 5. The summed E-state index contributed by atoms with van der Waals surface area (Å²) in [7, 11) is 0. The number of aromatic nitrogens is 1. The minimum absolute atomic E-state index is 0.402. The van der Waals surface area contributed by atoms with E-state index in [0.717, 1.165) is 27.5 Å². The van der Waals surface area contributed by atoms with Crippen LogP contribution < -0.4 is 0 Å². The van der Waals surface area contributed by atoms with E-state index >= 15 is 0 Å². The molecule has 2 aromatic heterocycles. The average Bonchev–Trinajstić information content (AvgIpc) is 3.30. The van der Waals surface area contributed by atoms with E-state index in [4.69, 9.17) is 0 Å². The van der Waals surface area contributed by atoms with Gasteiger partial charge in [-0.1, -0.05) is 30.3 Å². The van der Waals surface area contributed by atoms with E-state index in [1.165, 1.54) is 15.5 Å². The summed E-state index contributed by atoms with van der Waals surface area (Å²) in [6, 6.07) is 22.2. The van der Waals surface area contributed by atoms with Gasteiger partial charge in [-0.2, -0.15) is 10.5 Å². The van der Waals surface area contributed by atoms with Crippen LogP contribution in [-0.4, -0.2) is 4.98 Å². The molecule has 0 amide bonds. The first kappa shape index (κ1) is 14.7. The van der Waals surface area contributed by atoms with Gasteiger partial charge in [-0.3, -0.25) is 0 Å². The Morgan fingerprint density at radius 2 is 1.77 bits per heavy atom. The first-order valence-electron chi connectivity index (χ1n) is 8.16. The minimum Gasteiger partial charge on any atom is -0.354 e. The molecule has 5 rings (SSSR count). The second-order valence-corrected chi connectivity index (χ2v) is 7.05. The highest BCUT2D eigenvalue weighted by molar-refractivity contribution is 7.18. The fourth-order valence-electron chi connectivity index (χ4n) is 3.65. The smallest absolute Gasteiger partial charge is 0.101 e. The quantitative estimate of drug-likeness (QED) is 0.406. The van der Waals surface area contributed by atoms with Gasteiger partial charge in [0.2, 0.25) is 0 Å². The van der Waals surface area contributed by atoms with Crippen molar-refractivity contribution in [3.63, 3.8) is 0 Å². The molecule has 0 spiro atoms. The van der Waals surface area contributed by atoms with Crippen molar-refractivity contribution in [2.75, 3.05) is 0 Å². The van der Waals surface area contributed by atoms with Crippen LogP contribution in [0.25, 0.3) is 43.0 Å². The Balaban J connectivity index is 2.02. The van der Waals surface area contributed by atoms with Crippen molar-refractivity contribution in [2.24, 2.45) is 0 Å². The maximum absolute atomic E-state index is 9.67. The monoisotopic (exact) mass is 349 g/mol. The Morgan fingerprint density at radius 1 is 0.885 bits per heavy atom. The fraction of sp³-hybridized carbons (Fsp3) is 0. The molecule has 1 N–H and O–H groups in total. The predicted molar refractivity (Wildman–Crippen MR) is 106 cm³/mol. The van der Waals surface area contributed by atoms with Crippen molar-refractivity contribution >= 4 is 43.2 Å². The summed E-state index contributed by atoms with van der Waals surface area (Å²) in [5, 5.41) is 24.6. The number of benzene rings is 3. The molecule has 0 aliphatic rings. The van der Waals surface area contributed by atoms with Crippen molar-refractivity contribution in [3.05, 3.63) is 71.1 Å². The van der Waals surface area contributed by atoms with Gasteiger partial charge in [-0.05, 0) is 35.0 Å². The Hall–Kier alpha value is -3.60. The van der Waals surface area contributed by atoms with Gasteiger partial charge in [0, 0.05) is 32.1 Å².